The summed E-state index contributed by atoms with van der Waals surface area (Å²) in [5.41, 5.74) is 2.21. The molecule has 4 heteroatoms. The summed E-state index contributed by atoms with van der Waals surface area (Å²) >= 11 is 7.80. The van der Waals surface area contributed by atoms with Crippen LogP contribution in [0.2, 0.25) is 5.02 Å². The van der Waals surface area contributed by atoms with Crippen molar-refractivity contribution in [1.29, 1.82) is 0 Å². The second-order valence-corrected chi connectivity index (χ2v) is 4.91. The maximum atomic E-state index is 9.11. The molecule has 0 saturated heterocycles. The Bertz CT molecular complexity index is 458. The highest BCUT2D eigenvalue weighted by Gasteiger charge is 2.09. The van der Waals surface area contributed by atoms with Crippen molar-refractivity contribution in [2.24, 2.45) is 0 Å². The van der Waals surface area contributed by atoms with Gasteiger partial charge >= 0.3 is 0 Å². The van der Waals surface area contributed by atoms with Crippen LogP contribution in [0.5, 0.6) is 0 Å². The summed E-state index contributed by atoms with van der Waals surface area (Å²) in [5.74, 6) is 0. The molecular weight excluding hydrogens is 254 g/mol. The van der Waals surface area contributed by atoms with Gasteiger partial charge in [0, 0.05) is 29.2 Å². The summed E-state index contributed by atoms with van der Waals surface area (Å²) in [5, 5.41) is 14.0. The largest absolute Gasteiger partial charge is 0.395 e. The highest BCUT2D eigenvalue weighted by Crippen LogP contribution is 2.23. The highest BCUT2D eigenvalue weighted by molar-refractivity contribution is 7.08. The molecule has 0 spiro atoms. The van der Waals surface area contributed by atoms with Crippen LogP contribution in [0, 0.1) is 0 Å². The van der Waals surface area contributed by atoms with Gasteiger partial charge in [0.1, 0.15) is 0 Å². The summed E-state index contributed by atoms with van der Waals surface area (Å²) in [6, 6.07) is 9.86. The number of aliphatic hydroxyl groups is 1. The molecule has 0 radical (unpaired) electrons. The Morgan fingerprint density at radius 2 is 2.06 bits per heavy atom. The molecular formula is C13H14ClNOS. The van der Waals surface area contributed by atoms with Crippen molar-refractivity contribution in [3.05, 3.63) is 51.7 Å². The summed E-state index contributed by atoms with van der Waals surface area (Å²) in [7, 11) is 0. The second-order valence-electron chi connectivity index (χ2n) is 3.72. The van der Waals surface area contributed by atoms with E-state index in [2.05, 4.69) is 16.3 Å². The van der Waals surface area contributed by atoms with Crippen LogP contribution in [0.4, 0.5) is 5.69 Å². The number of rotatable bonds is 5. The minimum Gasteiger partial charge on any atom is -0.395 e. The minimum atomic E-state index is 0.139. The molecule has 0 saturated carbocycles. The van der Waals surface area contributed by atoms with Gasteiger partial charge in [-0.25, -0.2) is 0 Å². The second kappa shape index (κ2) is 6.05. The quantitative estimate of drug-likeness (QED) is 0.898. The van der Waals surface area contributed by atoms with Crippen molar-refractivity contribution >= 4 is 28.6 Å². The minimum absolute atomic E-state index is 0.139. The van der Waals surface area contributed by atoms with Crippen LogP contribution >= 0.6 is 22.9 Å². The Morgan fingerprint density at radius 3 is 2.71 bits per heavy atom. The number of anilines is 1. The van der Waals surface area contributed by atoms with Crippen molar-refractivity contribution in [3.63, 3.8) is 0 Å². The molecule has 2 aromatic rings. The predicted octanol–water partition coefficient (Wildman–Crippen LogP) is 3.40. The van der Waals surface area contributed by atoms with Crippen molar-refractivity contribution in [2.75, 3.05) is 18.1 Å². The van der Waals surface area contributed by atoms with Gasteiger partial charge in [0.15, 0.2) is 0 Å². The first-order valence-corrected chi connectivity index (χ1v) is 6.75. The molecule has 0 atom stereocenters. The first-order chi connectivity index (χ1) is 8.31. The van der Waals surface area contributed by atoms with Gasteiger partial charge in [-0.2, -0.15) is 11.3 Å². The van der Waals surface area contributed by atoms with Crippen molar-refractivity contribution in [3.8, 4) is 0 Å². The Hall–Kier alpha value is -1.03. The maximum Gasteiger partial charge on any atom is 0.0606 e. The van der Waals surface area contributed by atoms with E-state index in [0.717, 1.165) is 22.8 Å². The van der Waals surface area contributed by atoms with E-state index in [4.69, 9.17) is 16.7 Å². The van der Waals surface area contributed by atoms with E-state index in [1.54, 1.807) is 11.3 Å². The molecule has 1 N–H and O–H groups in total. The maximum absolute atomic E-state index is 9.11. The van der Waals surface area contributed by atoms with Gasteiger partial charge in [0.05, 0.1) is 6.61 Å². The van der Waals surface area contributed by atoms with Crippen LogP contribution in [0.25, 0.3) is 0 Å². The number of benzene rings is 1. The van der Waals surface area contributed by atoms with Gasteiger partial charge in [0.25, 0.3) is 0 Å². The summed E-state index contributed by atoms with van der Waals surface area (Å²) in [4.78, 5) is 2.12. The van der Waals surface area contributed by atoms with Crippen LogP contribution in [-0.2, 0) is 6.54 Å². The van der Waals surface area contributed by atoms with E-state index in [1.165, 1.54) is 0 Å². The van der Waals surface area contributed by atoms with Gasteiger partial charge in [-0.1, -0.05) is 29.8 Å². The Morgan fingerprint density at radius 1 is 1.24 bits per heavy atom. The number of hydrogen-bond acceptors (Lipinski definition) is 3. The Kier molecular flexibility index (Phi) is 4.42. The van der Waals surface area contributed by atoms with E-state index >= 15 is 0 Å². The number of aliphatic hydroxyl groups excluding tert-OH is 1. The van der Waals surface area contributed by atoms with E-state index in [-0.39, 0.29) is 6.61 Å². The van der Waals surface area contributed by atoms with E-state index in [0.29, 0.717) is 6.54 Å². The van der Waals surface area contributed by atoms with E-state index < -0.39 is 0 Å². The Labute approximate surface area is 110 Å². The molecule has 0 aliphatic heterocycles. The molecule has 0 bridgehead atoms. The van der Waals surface area contributed by atoms with Crippen molar-refractivity contribution < 1.29 is 5.11 Å². The topological polar surface area (TPSA) is 23.5 Å². The number of nitrogens with zero attached hydrogens (tertiary/aromatic N) is 1. The number of halogens is 1. The monoisotopic (exact) mass is 267 g/mol. The zero-order valence-corrected chi connectivity index (χ0v) is 10.9. The number of hydrogen-bond donors (Lipinski definition) is 1. The van der Waals surface area contributed by atoms with Gasteiger partial charge < -0.3 is 10.0 Å². The molecule has 0 unspecified atom stereocenters. The lowest BCUT2D eigenvalue weighted by molar-refractivity contribution is 0.301. The number of thiophene rings is 1. The van der Waals surface area contributed by atoms with Gasteiger partial charge in [0.2, 0.25) is 0 Å². The zero-order chi connectivity index (χ0) is 12.1. The SMILES string of the molecule is OCCN(Cc1ccccc1Cl)c1ccsc1. The standard InChI is InChI=1S/C13H14ClNOS/c14-13-4-2-1-3-11(13)9-15(6-7-16)12-5-8-17-10-12/h1-5,8,10,16H,6-7,9H2. The zero-order valence-electron chi connectivity index (χ0n) is 9.34. The van der Waals surface area contributed by atoms with Gasteiger partial charge in [-0.05, 0) is 23.1 Å². The highest BCUT2D eigenvalue weighted by atomic mass is 35.5. The van der Waals surface area contributed by atoms with Crippen molar-refractivity contribution in [2.45, 2.75) is 6.54 Å². The third kappa shape index (κ3) is 3.22. The molecule has 2 nitrogen and oxygen atoms in total. The van der Waals surface area contributed by atoms with Crippen LogP contribution in [0.3, 0.4) is 0 Å². The molecule has 0 aliphatic rings. The smallest absolute Gasteiger partial charge is 0.0606 e. The third-order valence-electron chi connectivity index (χ3n) is 2.56. The fraction of sp³-hybridized carbons (Fsp3) is 0.231. The van der Waals surface area contributed by atoms with Crippen LogP contribution in [-0.4, -0.2) is 18.3 Å². The lowest BCUT2D eigenvalue weighted by Gasteiger charge is -2.23. The fourth-order valence-corrected chi connectivity index (χ4v) is 2.55. The fourth-order valence-electron chi connectivity index (χ4n) is 1.69. The van der Waals surface area contributed by atoms with E-state index in [9.17, 15) is 0 Å². The summed E-state index contributed by atoms with van der Waals surface area (Å²) < 4.78 is 0. The van der Waals surface area contributed by atoms with Crippen LogP contribution in [0.1, 0.15) is 5.56 Å². The molecule has 2 rings (SSSR count). The average molecular weight is 268 g/mol. The molecule has 0 fully saturated rings. The van der Waals surface area contributed by atoms with Crippen LogP contribution < -0.4 is 4.90 Å². The molecule has 0 amide bonds. The third-order valence-corrected chi connectivity index (χ3v) is 3.60. The van der Waals surface area contributed by atoms with E-state index in [1.807, 2.05) is 29.6 Å². The predicted molar refractivity (Wildman–Crippen MR) is 73.9 cm³/mol. The van der Waals surface area contributed by atoms with Crippen molar-refractivity contribution in [1.82, 2.24) is 0 Å². The normalized spacial score (nSPS) is 10.5. The molecule has 0 aliphatic carbocycles. The molecule has 1 aromatic carbocycles. The summed E-state index contributed by atoms with van der Waals surface area (Å²) in [6.07, 6.45) is 0. The molecule has 90 valence electrons. The first-order valence-electron chi connectivity index (χ1n) is 5.42. The molecule has 1 heterocycles. The Balaban J connectivity index is 2.16. The van der Waals surface area contributed by atoms with Gasteiger partial charge in [-0.3, -0.25) is 0 Å². The first kappa shape index (κ1) is 12.4. The molecule has 1 aromatic heterocycles. The van der Waals surface area contributed by atoms with Gasteiger partial charge in [-0.15, -0.1) is 0 Å². The lowest BCUT2D eigenvalue weighted by atomic mass is 10.2. The molecule has 17 heavy (non-hydrogen) atoms. The average Bonchev–Trinajstić information content (AvgIpc) is 2.85. The lowest BCUT2D eigenvalue weighted by Crippen LogP contribution is -2.25. The summed E-state index contributed by atoms with van der Waals surface area (Å²) in [6.45, 7) is 1.47. The van der Waals surface area contributed by atoms with Crippen LogP contribution in [0.15, 0.2) is 41.1 Å².